The third-order valence-electron chi connectivity index (χ3n) is 2.94. The molecule has 0 saturated heterocycles. The van der Waals surface area contributed by atoms with Gasteiger partial charge in [-0.3, -0.25) is 0 Å². The lowest BCUT2D eigenvalue weighted by molar-refractivity contribution is 0.568. The van der Waals surface area contributed by atoms with E-state index < -0.39 is 11.6 Å². The van der Waals surface area contributed by atoms with Gasteiger partial charge in [0.15, 0.2) is 0 Å². The van der Waals surface area contributed by atoms with Gasteiger partial charge in [0, 0.05) is 18.7 Å². The van der Waals surface area contributed by atoms with Gasteiger partial charge in [0.2, 0.25) is 0 Å². The molecule has 0 bridgehead atoms. The molecule has 0 radical (unpaired) electrons. The van der Waals surface area contributed by atoms with Gasteiger partial charge < -0.3 is 5.32 Å². The van der Waals surface area contributed by atoms with Crippen molar-refractivity contribution < 1.29 is 13.2 Å². The van der Waals surface area contributed by atoms with E-state index in [0.29, 0.717) is 6.54 Å². The zero-order valence-electron chi connectivity index (χ0n) is 10.5. The second-order valence-electron chi connectivity index (χ2n) is 4.41. The summed E-state index contributed by atoms with van der Waals surface area (Å²) in [5.74, 6) is -1.18. The average Bonchev–Trinajstić information content (AvgIpc) is 2.36. The normalized spacial score (nSPS) is 10.7. The van der Waals surface area contributed by atoms with Crippen LogP contribution in [-0.2, 0) is 13.1 Å². The van der Waals surface area contributed by atoms with Crippen LogP contribution in [0.5, 0.6) is 0 Å². The van der Waals surface area contributed by atoms with Crippen LogP contribution < -0.4 is 5.32 Å². The van der Waals surface area contributed by atoms with Crippen molar-refractivity contribution in [3.05, 3.63) is 70.5 Å². The van der Waals surface area contributed by atoms with E-state index in [1.165, 1.54) is 18.2 Å². The van der Waals surface area contributed by atoms with E-state index >= 15 is 0 Å². The van der Waals surface area contributed by atoms with Gasteiger partial charge >= 0.3 is 0 Å². The predicted octanol–water partition coefficient (Wildman–Crippen LogP) is 3.70. The van der Waals surface area contributed by atoms with Crippen molar-refractivity contribution in [1.29, 1.82) is 0 Å². The minimum absolute atomic E-state index is 0.223. The summed E-state index contributed by atoms with van der Waals surface area (Å²) >= 11 is 0. The Hall–Kier alpha value is -1.81. The highest BCUT2D eigenvalue weighted by Crippen LogP contribution is 2.12. The van der Waals surface area contributed by atoms with Gasteiger partial charge in [0.1, 0.15) is 17.5 Å². The van der Waals surface area contributed by atoms with Crippen LogP contribution >= 0.6 is 0 Å². The van der Waals surface area contributed by atoms with E-state index in [4.69, 9.17) is 0 Å². The molecule has 0 heterocycles. The van der Waals surface area contributed by atoms with E-state index in [2.05, 4.69) is 5.32 Å². The molecule has 0 aliphatic rings. The summed E-state index contributed by atoms with van der Waals surface area (Å²) in [4.78, 5) is 0. The second kappa shape index (κ2) is 5.89. The smallest absolute Gasteiger partial charge is 0.127 e. The number of hydrogen-bond donors (Lipinski definition) is 1. The highest BCUT2D eigenvalue weighted by Gasteiger charge is 2.04. The molecule has 2 aromatic carbocycles. The lowest BCUT2D eigenvalue weighted by Gasteiger charge is -2.09. The summed E-state index contributed by atoms with van der Waals surface area (Å²) in [6.07, 6.45) is 0. The SMILES string of the molecule is Cc1cc(F)ccc1CNCc1cc(F)ccc1F. The van der Waals surface area contributed by atoms with Gasteiger partial charge in [-0.25, -0.2) is 13.2 Å². The molecule has 0 spiro atoms. The van der Waals surface area contributed by atoms with Gasteiger partial charge in [-0.1, -0.05) is 6.07 Å². The van der Waals surface area contributed by atoms with Gasteiger partial charge in [0.25, 0.3) is 0 Å². The molecule has 0 aliphatic heterocycles. The zero-order valence-corrected chi connectivity index (χ0v) is 10.5. The van der Waals surface area contributed by atoms with Crippen LogP contribution in [0.4, 0.5) is 13.2 Å². The van der Waals surface area contributed by atoms with E-state index in [9.17, 15) is 13.2 Å². The molecule has 1 nitrogen and oxygen atoms in total. The first-order valence-electron chi connectivity index (χ1n) is 5.96. The third kappa shape index (κ3) is 3.58. The Labute approximate surface area is 110 Å². The first-order chi connectivity index (χ1) is 9.06. The van der Waals surface area contributed by atoms with Crippen molar-refractivity contribution in [3.8, 4) is 0 Å². The number of hydrogen-bond acceptors (Lipinski definition) is 1. The van der Waals surface area contributed by atoms with Crippen LogP contribution in [0.3, 0.4) is 0 Å². The highest BCUT2D eigenvalue weighted by molar-refractivity contribution is 5.26. The topological polar surface area (TPSA) is 12.0 Å². The molecule has 0 fully saturated rings. The fraction of sp³-hybridized carbons (Fsp3) is 0.200. The Morgan fingerprint density at radius 1 is 0.842 bits per heavy atom. The first kappa shape index (κ1) is 13.6. The summed E-state index contributed by atoms with van der Waals surface area (Å²) in [7, 11) is 0. The Balaban J connectivity index is 1.98. The monoisotopic (exact) mass is 265 g/mol. The second-order valence-corrected chi connectivity index (χ2v) is 4.41. The lowest BCUT2D eigenvalue weighted by atomic mass is 10.1. The van der Waals surface area contributed by atoms with Crippen molar-refractivity contribution in [1.82, 2.24) is 5.32 Å². The van der Waals surface area contributed by atoms with E-state index in [-0.39, 0.29) is 17.9 Å². The molecule has 1 N–H and O–H groups in total. The molecule has 0 unspecified atom stereocenters. The van der Waals surface area contributed by atoms with Crippen molar-refractivity contribution in [3.63, 3.8) is 0 Å². The molecule has 0 aliphatic carbocycles. The maximum atomic E-state index is 13.4. The summed E-state index contributed by atoms with van der Waals surface area (Å²) in [5.41, 5.74) is 2.03. The van der Waals surface area contributed by atoms with Gasteiger partial charge in [-0.2, -0.15) is 0 Å². The van der Waals surface area contributed by atoms with Crippen LogP contribution in [0.15, 0.2) is 36.4 Å². The van der Waals surface area contributed by atoms with Crippen LogP contribution in [0.1, 0.15) is 16.7 Å². The Morgan fingerprint density at radius 3 is 2.21 bits per heavy atom. The van der Waals surface area contributed by atoms with Crippen molar-refractivity contribution in [2.75, 3.05) is 0 Å². The van der Waals surface area contributed by atoms with Gasteiger partial charge in [0.05, 0.1) is 0 Å². The Morgan fingerprint density at radius 2 is 1.47 bits per heavy atom. The standard InChI is InChI=1S/C15H14F3N/c1-10-6-13(16)3-2-11(10)8-19-9-12-7-14(17)4-5-15(12)18/h2-7,19H,8-9H2,1H3. The van der Waals surface area contributed by atoms with Crippen LogP contribution in [0.25, 0.3) is 0 Å². The number of halogens is 3. The van der Waals surface area contributed by atoms with E-state index in [0.717, 1.165) is 23.3 Å². The number of rotatable bonds is 4. The maximum Gasteiger partial charge on any atom is 0.127 e. The van der Waals surface area contributed by atoms with Crippen molar-refractivity contribution in [2.45, 2.75) is 20.0 Å². The van der Waals surface area contributed by atoms with E-state index in [1.54, 1.807) is 6.07 Å². The molecule has 0 amide bonds. The largest absolute Gasteiger partial charge is 0.308 e. The fourth-order valence-corrected chi connectivity index (χ4v) is 1.87. The third-order valence-corrected chi connectivity index (χ3v) is 2.94. The van der Waals surface area contributed by atoms with E-state index in [1.807, 2.05) is 6.92 Å². The molecule has 0 aromatic heterocycles. The first-order valence-corrected chi connectivity index (χ1v) is 5.96. The van der Waals surface area contributed by atoms with Crippen molar-refractivity contribution in [2.24, 2.45) is 0 Å². The van der Waals surface area contributed by atoms with Crippen LogP contribution in [-0.4, -0.2) is 0 Å². The molecule has 0 saturated carbocycles. The quantitative estimate of drug-likeness (QED) is 0.888. The summed E-state index contributed by atoms with van der Waals surface area (Å²) in [6.45, 7) is 2.51. The van der Waals surface area contributed by atoms with Crippen LogP contribution in [0.2, 0.25) is 0 Å². The Kier molecular flexibility index (Phi) is 4.22. The molecule has 4 heteroatoms. The molecule has 0 atom stereocenters. The Bertz CT molecular complexity index is 582. The maximum absolute atomic E-state index is 13.4. The molecule has 2 aromatic rings. The van der Waals surface area contributed by atoms with Gasteiger partial charge in [-0.05, 0) is 48.4 Å². The average molecular weight is 265 g/mol. The summed E-state index contributed by atoms with van der Waals surface area (Å²) in [6, 6.07) is 7.87. The number of aryl methyl sites for hydroxylation is 1. The number of benzene rings is 2. The van der Waals surface area contributed by atoms with Crippen molar-refractivity contribution >= 4 is 0 Å². The highest BCUT2D eigenvalue weighted by atomic mass is 19.1. The molecule has 2 rings (SSSR count). The molecular weight excluding hydrogens is 251 g/mol. The minimum atomic E-state index is -0.462. The fourth-order valence-electron chi connectivity index (χ4n) is 1.87. The minimum Gasteiger partial charge on any atom is -0.308 e. The molecule has 100 valence electrons. The zero-order chi connectivity index (χ0) is 13.8. The predicted molar refractivity (Wildman–Crippen MR) is 68.0 cm³/mol. The summed E-state index contributed by atoms with van der Waals surface area (Å²) in [5, 5.41) is 3.02. The lowest BCUT2D eigenvalue weighted by Crippen LogP contribution is -2.14. The van der Waals surface area contributed by atoms with Crippen LogP contribution in [0, 0.1) is 24.4 Å². The van der Waals surface area contributed by atoms with Gasteiger partial charge in [-0.15, -0.1) is 0 Å². The molecular formula is C15H14F3N. The molecule has 19 heavy (non-hydrogen) atoms. The summed E-state index contributed by atoms with van der Waals surface area (Å²) < 4.78 is 39.3. The number of nitrogens with one attached hydrogen (secondary N) is 1.